The van der Waals surface area contributed by atoms with Crippen molar-refractivity contribution in [2.75, 3.05) is 80.4 Å². The van der Waals surface area contributed by atoms with Crippen molar-refractivity contribution in [2.45, 2.75) is 84.2 Å². The highest BCUT2D eigenvalue weighted by atomic mass is 35.5. The van der Waals surface area contributed by atoms with E-state index in [0.717, 1.165) is 66.5 Å². The molecule has 3 heterocycles. The van der Waals surface area contributed by atoms with Gasteiger partial charge in [-0.2, -0.15) is 4.37 Å². The molecule has 29 heteroatoms. The lowest BCUT2D eigenvalue weighted by atomic mass is 9.81. The Morgan fingerprint density at radius 1 is 1.16 bits per heavy atom. The Morgan fingerprint density at radius 3 is 2.33 bits per heavy atom. The van der Waals surface area contributed by atoms with Crippen LogP contribution >= 0.6 is 30.7 Å². The Labute approximate surface area is 487 Å². The molecule has 23 nitrogen and oxygen atoms in total. The average molecular weight is 1240 g/mol. The number of sulfone groups is 1. The van der Waals surface area contributed by atoms with Crippen LogP contribution in [0.15, 0.2) is 58.4 Å². The molecule has 82 heavy (non-hydrogen) atoms. The Morgan fingerprint density at radius 2 is 1.79 bits per heavy atom. The number of benzene rings is 3. The molecule has 2 unspecified atom stereocenters. The van der Waals surface area contributed by atoms with Crippen molar-refractivity contribution in [3.63, 3.8) is 0 Å². The number of aliphatic carboxylic acids is 1. The fourth-order valence-corrected chi connectivity index (χ4v) is 10.2. The summed E-state index contributed by atoms with van der Waals surface area (Å²) in [6.45, 7) is 11.1. The number of carboxylic acid groups (broad SMARTS) is 1. The number of para-hydroxylation sites is 1. The molecule has 1 aromatic heterocycles. The molecule has 3 aliphatic rings. The number of terminal acetylenes is 1. The molecule has 0 radical (unpaired) electrons. The Kier molecular flexibility index (Phi) is 26.9. The lowest BCUT2D eigenvalue weighted by Gasteiger charge is -2.31. The summed E-state index contributed by atoms with van der Waals surface area (Å²) in [6, 6.07) is 11.6. The van der Waals surface area contributed by atoms with E-state index in [-0.39, 0.29) is 65.7 Å². The molecule has 3 aromatic carbocycles. The third-order valence-corrected chi connectivity index (χ3v) is 14.5. The number of fused-ring (bicyclic) bond motifs is 2. The van der Waals surface area contributed by atoms with Crippen molar-refractivity contribution in [3.8, 4) is 18.1 Å². The van der Waals surface area contributed by atoms with Gasteiger partial charge in [0, 0.05) is 62.8 Å². The van der Waals surface area contributed by atoms with Gasteiger partial charge in [-0.1, -0.05) is 44.9 Å². The molecule has 3 N–H and O–H groups in total. The molecule has 0 bridgehead atoms. The van der Waals surface area contributed by atoms with Crippen molar-refractivity contribution in [3.05, 3.63) is 91.8 Å². The number of halogens is 2. The number of carbonyl (C=O) groups excluding carboxylic acids is 5. The summed E-state index contributed by atoms with van der Waals surface area (Å²) in [5, 5.41) is 21.1. The van der Waals surface area contributed by atoms with Crippen molar-refractivity contribution in [1.82, 2.24) is 14.3 Å². The Bertz CT molecular complexity index is 3270. The lowest BCUT2D eigenvalue weighted by Crippen LogP contribution is -2.43. The van der Waals surface area contributed by atoms with E-state index in [1.165, 1.54) is 28.6 Å². The van der Waals surface area contributed by atoms with Crippen LogP contribution in [0.3, 0.4) is 0 Å². The normalized spacial score (nSPS) is 15.7. The number of amides is 2. The second-order valence-electron chi connectivity index (χ2n) is 19.9. The molecular formula is C53H68ClFN7O16PS3. The Hall–Kier alpha value is -6.21. The predicted octanol–water partition coefficient (Wildman–Crippen LogP) is 5.20. The highest BCUT2D eigenvalue weighted by Crippen LogP contribution is 2.38. The maximum absolute atomic E-state index is 14.5. The van der Waals surface area contributed by atoms with Crippen molar-refractivity contribution in [1.29, 1.82) is 0 Å². The van der Waals surface area contributed by atoms with Gasteiger partial charge < -0.3 is 38.4 Å². The van der Waals surface area contributed by atoms with E-state index in [1.54, 1.807) is 12.0 Å². The number of anilines is 2. The van der Waals surface area contributed by atoms with Gasteiger partial charge >= 0.3 is 5.97 Å². The first-order valence-electron chi connectivity index (χ1n) is 25.0. The number of aromatic nitrogens is 2. The van der Waals surface area contributed by atoms with Crippen molar-refractivity contribution >= 4 is 109 Å². The van der Waals surface area contributed by atoms with Gasteiger partial charge in [0.25, 0.3) is 11.6 Å². The van der Waals surface area contributed by atoms with Gasteiger partial charge in [-0.25, -0.2) is 17.8 Å². The van der Waals surface area contributed by atoms with Gasteiger partial charge in [0.15, 0.2) is 39.6 Å². The minimum atomic E-state index is -4.35. The number of ketones is 3. The third-order valence-electron chi connectivity index (χ3n) is 11.8. The van der Waals surface area contributed by atoms with E-state index in [0.29, 0.717) is 40.2 Å². The predicted molar refractivity (Wildman–Crippen MR) is 309 cm³/mol. The maximum atomic E-state index is 14.5. The Balaban J connectivity index is 0.000000292. The van der Waals surface area contributed by atoms with Gasteiger partial charge in [-0.05, 0) is 72.3 Å². The summed E-state index contributed by atoms with van der Waals surface area (Å²) in [5.74, 6) is -1.97. The molecular weight excluding hydrogens is 1170 g/mol. The van der Waals surface area contributed by atoms with Crippen molar-refractivity contribution in [2.24, 2.45) is 16.3 Å². The number of hydrogen-bond acceptors (Lipinski definition) is 18. The van der Waals surface area contributed by atoms with E-state index in [2.05, 4.69) is 60.9 Å². The molecule has 2 amide bonds. The number of hydrogen-bond donors (Lipinski definition) is 3. The summed E-state index contributed by atoms with van der Waals surface area (Å²) >= 11 is 7.00. The van der Waals surface area contributed by atoms with Crippen molar-refractivity contribution < 1.29 is 75.4 Å². The quantitative estimate of drug-likeness (QED) is 0.0190. The van der Waals surface area contributed by atoms with Crippen LogP contribution < -0.4 is 29.5 Å². The first-order valence-corrected chi connectivity index (χ1v) is 32.4. The van der Waals surface area contributed by atoms with Gasteiger partial charge in [0.05, 0.1) is 77.5 Å². The number of nitrogens with zero attached hydrogens (tertiary/aromatic N) is 6. The smallest absolute Gasteiger partial charge is 0.317 e. The lowest BCUT2D eigenvalue weighted by molar-refractivity contribution is -0.385. The zero-order chi connectivity index (χ0) is 62.0. The van der Waals surface area contributed by atoms with Crippen LogP contribution in [-0.4, -0.2) is 144 Å². The third kappa shape index (κ3) is 20.6. The number of carbonyl (C=O) groups is 6. The van der Waals surface area contributed by atoms with Crippen LogP contribution in [-0.2, 0) is 73.4 Å². The molecule has 1 fully saturated rings. The van der Waals surface area contributed by atoms with E-state index >= 15 is 0 Å². The highest BCUT2D eigenvalue weighted by Gasteiger charge is 2.39. The molecule has 2 atom stereocenters. The highest BCUT2D eigenvalue weighted by molar-refractivity contribution is 7.94. The first kappa shape index (κ1) is 70.1. The number of carboxylic acids is 1. The van der Waals surface area contributed by atoms with Crippen LogP contribution in [0.5, 0.6) is 5.75 Å². The maximum Gasteiger partial charge on any atom is 0.317 e. The van der Waals surface area contributed by atoms with Gasteiger partial charge in [0.1, 0.15) is 36.7 Å². The number of nitrogens with one attached hydrogen (secondary N) is 1. The SMILES string of the molecule is C#CCN1C(=O)COc2cc(F)c(/N=c3\snc4n3CC(C)(C)C4)cc21.CCc1cccc(C)c1N(C(=O)CCl)C(C)COC.CS(=O)(=O)c1ccc(C(=O)C2C(=O)CCCC2=O)c([N+](=O)[O-])c1.C[S+](C)C.O=C(O)CNCP(=O)([O-])O. The van der Waals surface area contributed by atoms with Gasteiger partial charge in [-0.3, -0.25) is 49.1 Å². The molecule has 7 rings (SSSR count). The molecule has 1 aliphatic carbocycles. The van der Waals surface area contributed by atoms with Gasteiger partial charge in [-0.15, -0.1) is 18.0 Å². The second kappa shape index (κ2) is 31.5. The van der Waals surface area contributed by atoms with Crippen LogP contribution in [0, 0.1) is 46.5 Å². The number of methoxy groups -OCH3 is 1. The second-order valence-corrected chi connectivity index (χ2v) is 27.0. The summed E-state index contributed by atoms with van der Waals surface area (Å²) in [4.78, 5) is 106. The average Bonchev–Trinajstić information content (AvgIpc) is 3.97. The molecule has 2 aliphatic heterocycles. The van der Waals surface area contributed by atoms with Crippen LogP contribution in [0.25, 0.3) is 0 Å². The number of ether oxygens (including phenoxy) is 2. The number of aryl methyl sites for hydroxylation is 2. The number of nitro benzene ring substituents is 1. The number of rotatable bonds is 16. The minimum Gasteiger partial charge on any atom is -0.778 e. The summed E-state index contributed by atoms with van der Waals surface area (Å²) in [7, 11) is -5.77. The number of nitro groups is 1. The fraction of sp³-hybridized carbons (Fsp3) is 0.472. The zero-order valence-electron chi connectivity index (χ0n) is 47.1. The van der Waals surface area contributed by atoms with E-state index in [4.69, 9.17) is 37.5 Å². The summed E-state index contributed by atoms with van der Waals surface area (Å²) in [5.41, 5.74) is 2.72. The van der Waals surface area contributed by atoms with E-state index in [1.807, 2.05) is 35.9 Å². The fourth-order valence-electron chi connectivity index (χ4n) is 8.33. The minimum absolute atomic E-state index is 0.0223. The van der Waals surface area contributed by atoms with Gasteiger partial charge in [0.2, 0.25) is 10.7 Å². The van der Waals surface area contributed by atoms with Crippen LogP contribution in [0.4, 0.5) is 27.1 Å². The number of alkyl halides is 1. The topological polar surface area (TPSA) is 327 Å². The summed E-state index contributed by atoms with van der Waals surface area (Å²) in [6.07, 6.45) is 14.3. The monoisotopic (exact) mass is 1240 g/mol. The summed E-state index contributed by atoms with van der Waals surface area (Å²) < 4.78 is 64.4. The van der Waals surface area contributed by atoms with Crippen LogP contribution in [0.2, 0.25) is 0 Å². The molecule has 448 valence electrons. The molecule has 1 saturated carbocycles. The van der Waals surface area contributed by atoms with E-state index in [9.17, 15) is 61.1 Å². The first-order chi connectivity index (χ1) is 38.2. The van der Waals surface area contributed by atoms with Crippen LogP contribution in [0.1, 0.15) is 74.3 Å². The largest absolute Gasteiger partial charge is 0.778 e. The molecule has 0 saturated heterocycles. The zero-order valence-corrected chi connectivity index (χ0v) is 51.2. The standard InChI is InChI=1S/C18H17FN4O2S.C15H22ClNO2.C14H13NO7S.C3H8NO5P.C3H9S/c1-4-5-22-13-7-12(11(19)6-14(13)25-9-16(22)24)20-17-23-10-18(2,3)8-15(23)21-26-17;1-5-13-8-6-7-11(2)15(13)17(14(18)9-16)12(3)10-19-4;1-23(21,22)8-5-6-9(10(7-8)15(19)20)14(18)13-11(16)3-2-4-12(13)17;5-3(6)1-4-2-10(7,8)9;1-4(2)3/h1,6-7H,5,8-10H2,2-3H3;6-8,12H,5,9-10H2,1-4H3;5-7,13H,2-4H2,1H3;4H,1-2H2,(H,5,6)(H2,7,8,9);1-3H3/q;;;;+1/p-1/b20-17-;;;;. The molecule has 4 aromatic rings. The molecule has 0 spiro atoms. The number of Topliss-reactive ketones (excluding diaryl/α,β-unsaturated/α-hetero) is 3. The van der Waals surface area contributed by atoms with E-state index < -0.39 is 81.5 Å².